The van der Waals surface area contributed by atoms with Gasteiger partial charge < -0.3 is 9.32 Å². The molecule has 0 bridgehead atoms. The molecule has 2 nitrogen and oxygen atoms in total. The summed E-state index contributed by atoms with van der Waals surface area (Å²) >= 11 is 0. The number of para-hydroxylation sites is 2. The Labute approximate surface area is 244 Å². The van der Waals surface area contributed by atoms with Crippen LogP contribution in [0.5, 0.6) is 0 Å². The van der Waals surface area contributed by atoms with Crippen molar-refractivity contribution in [3.8, 4) is 22.3 Å². The lowest BCUT2D eigenvalue weighted by atomic mass is 9.98. The maximum atomic E-state index is 6.42. The molecule has 0 fully saturated rings. The lowest BCUT2D eigenvalue weighted by Gasteiger charge is -2.28. The van der Waals surface area contributed by atoms with Gasteiger partial charge >= 0.3 is 0 Å². The normalized spacial score (nSPS) is 11.3. The predicted molar refractivity (Wildman–Crippen MR) is 177 cm³/mol. The highest BCUT2D eigenvalue weighted by Gasteiger charge is 2.22. The monoisotopic (exact) mass is 537 g/mol. The SMILES string of the molecule is c1ccc(-c2cccc(-c3ccc(N(c4ccccc4)c4c5ccccc5cc5oc6ccccc6c45)cc3)c2)cc1. The highest BCUT2D eigenvalue weighted by Crippen LogP contribution is 2.47. The van der Waals surface area contributed by atoms with Crippen molar-refractivity contribution in [3.05, 3.63) is 164 Å². The first-order valence-electron chi connectivity index (χ1n) is 14.3. The number of hydrogen-bond acceptors (Lipinski definition) is 2. The zero-order chi connectivity index (χ0) is 27.9. The van der Waals surface area contributed by atoms with Gasteiger partial charge in [0.15, 0.2) is 0 Å². The van der Waals surface area contributed by atoms with Gasteiger partial charge in [0, 0.05) is 22.1 Å². The van der Waals surface area contributed by atoms with Crippen LogP contribution in [0.4, 0.5) is 17.1 Å². The van der Waals surface area contributed by atoms with E-state index in [0.717, 1.165) is 44.4 Å². The Kier molecular flexibility index (Phi) is 5.82. The van der Waals surface area contributed by atoms with E-state index < -0.39 is 0 Å². The number of fused-ring (bicyclic) bond motifs is 4. The topological polar surface area (TPSA) is 16.4 Å². The van der Waals surface area contributed by atoms with Gasteiger partial charge in [-0.05, 0) is 70.1 Å². The molecule has 0 amide bonds. The van der Waals surface area contributed by atoms with Crippen LogP contribution >= 0.6 is 0 Å². The summed E-state index contributed by atoms with van der Waals surface area (Å²) in [6.45, 7) is 0. The fourth-order valence-corrected chi connectivity index (χ4v) is 6.05. The van der Waals surface area contributed by atoms with Crippen molar-refractivity contribution in [1.29, 1.82) is 0 Å². The average molecular weight is 538 g/mol. The summed E-state index contributed by atoms with van der Waals surface area (Å²) in [6.07, 6.45) is 0. The number of rotatable bonds is 5. The molecule has 0 saturated heterocycles. The number of nitrogens with zero attached hydrogens (tertiary/aromatic N) is 1. The minimum Gasteiger partial charge on any atom is -0.456 e. The average Bonchev–Trinajstić information content (AvgIpc) is 3.44. The molecule has 2 heteroatoms. The smallest absolute Gasteiger partial charge is 0.138 e. The van der Waals surface area contributed by atoms with Crippen LogP contribution < -0.4 is 4.90 Å². The van der Waals surface area contributed by atoms with Gasteiger partial charge in [-0.2, -0.15) is 0 Å². The molecule has 0 atom stereocenters. The summed E-state index contributed by atoms with van der Waals surface area (Å²) in [4.78, 5) is 2.37. The number of furan rings is 1. The zero-order valence-electron chi connectivity index (χ0n) is 22.9. The minimum absolute atomic E-state index is 0.889. The Morgan fingerprint density at radius 1 is 0.381 bits per heavy atom. The molecule has 0 aliphatic rings. The first-order chi connectivity index (χ1) is 20.8. The standard InChI is InChI=1S/C40H27NO/c1-3-12-28(13-4-1)30-15-11-16-31(26-30)29-22-24-34(25-23-29)41(33-17-5-2-6-18-33)40-35-19-8-7-14-32(35)27-38-39(40)36-20-9-10-21-37(36)42-38/h1-27H. The second-order valence-corrected chi connectivity index (χ2v) is 10.6. The largest absolute Gasteiger partial charge is 0.456 e. The molecule has 8 rings (SSSR count). The van der Waals surface area contributed by atoms with E-state index in [2.05, 4.69) is 163 Å². The Balaban J connectivity index is 1.33. The molecule has 0 N–H and O–H groups in total. The van der Waals surface area contributed by atoms with Crippen LogP contribution in [-0.2, 0) is 0 Å². The van der Waals surface area contributed by atoms with E-state index >= 15 is 0 Å². The van der Waals surface area contributed by atoms with Gasteiger partial charge in [-0.15, -0.1) is 0 Å². The fourth-order valence-electron chi connectivity index (χ4n) is 6.05. The van der Waals surface area contributed by atoms with Crippen LogP contribution in [0.2, 0.25) is 0 Å². The van der Waals surface area contributed by atoms with Gasteiger partial charge in [0.2, 0.25) is 0 Å². The van der Waals surface area contributed by atoms with E-state index in [1.165, 1.54) is 27.6 Å². The van der Waals surface area contributed by atoms with Gasteiger partial charge in [-0.25, -0.2) is 0 Å². The van der Waals surface area contributed by atoms with E-state index in [1.54, 1.807) is 0 Å². The number of benzene rings is 7. The molecule has 0 spiro atoms. The minimum atomic E-state index is 0.889. The number of hydrogen-bond donors (Lipinski definition) is 0. The van der Waals surface area contributed by atoms with Crippen LogP contribution in [0.1, 0.15) is 0 Å². The Hall–Kier alpha value is -5.60. The van der Waals surface area contributed by atoms with Crippen molar-refractivity contribution < 1.29 is 4.42 Å². The summed E-state index contributed by atoms with van der Waals surface area (Å²) in [6, 6.07) is 57.9. The lowest BCUT2D eigenvalue weighted by Crippen LogP contribution is -2.11. The molecular formula is C40H27NO. The molecule has 0 aliphatic heterocycles. The van der Waals surface area contributed by atoms with Gasteiger partial charge in [0.05, 0.1) is 11.1 Å². The molecule has 198 valence electrons. The summed E-state index contributed by atoms with van der Waals surface area (Å²) in [7, 11) is 0. The molecule has 0 aliphatic carbocycles. The Morgan fingerprint density at radius 2 is 0.952 bits per heavy atom. The van der Waals surface area contributed by atoms with E-state index in [-0.39, 0.29) is 0 Å². The first-order valence-corrected chi connectivity index (χ1v) is 14.3. The van der Waals surface area contributed by atoms with Crippen molar-refractivity contribution in [2.45, 2.75) is 0 Å². The van der Waals surface area contributed by atoms with E-state index in [1.807, 2.05) is 6.07 Å². The van der Waals surface area contributed by atoms with Gasteiger partial charge in [0.25, 0.3) is 0 Å². The van der Waals surface area contributed by atoms with Crippen LogP contribution in [-0.4, -0.2) is 0 Å². The van der Waals surface area contributed by atoms with Crippen molar-refractivity contribution in [2.24, 2.45) is 0 Å². The second-order valence-electron chi connectivity index (χ2n) is 10.6. The van der Waals surface area contributed by atoms with Gasteiger partial charge in [0.1, 0.15) is 11.2 Å². The zero-order valence-corrected chi connectivity index (χ0v) is 22.9. The molecular weight excluding hydrogens is 510 g/mol. The number of anilines is 3. The molecule has 8 aromatic rings. The van der Waals surface area contributed by atoms with Crippen LogP contribution in [0.25, 0.3) is 55.0 Å². The van der Waals surface area contributed by atoms with Crippen LogP contribution in [0.3, 0.4) is 0 Å². The van der Waals surface area contributed by atoms with Crippen molar-refractivity contribution >= 4 is 49.8 Å². The Bertz CT molecular complexity index is 2180. The van der Waals surface area contributed by atoms with E-state index in [4.69, 9.17) is 4.42 Å². The predicted octanol–water partition coefficient (Wildman–Crippen LogP) is 11.5. The summed E-state index contributed by atoms with van der Waals surface area (Å²) in [5.74, 6) is 0. The molecule has 0 saturated carbocycles. The van der Waals surface area contributed by atoms with Crippen molar-refractivity contribution in [1.82, 2.24) is 0 Å². The molecule has 1 heterocycles. The third-order valence-electron chi connectivity index (χ3n) is 8.03. The first kappa shape index (κ1) is 24.2. The van der Waals surface area contributed by atoms with E-state index in [9.17, 15) is 0 Å². The van der Waals surface area contributed by atoms with Crippen LogP contribution in [0.15, 0.2) is 168 Å². The van der Waals surface area contributed by atoms with Crippen LogP contribution in [0, 0.1) is 0 Å². The van der Waals surface area contributed by atoms with E-state index in [0.29, 0.717) is 0 Å². The maximum absolute atomic E-state index is 6.42. The van der Waals surface area contributed by atoms with Crippen molar-refractivity contribution in [2.75, 3.05) is 4.90 Å². The molecule has 0 unspecified atom stereocenters. The maximum Gasteiger partial charge on any atom is 0.138 e. The molecule has 1 aromatic heterocycles. The summed E-state index contributed by atoms with van der Waals surface area (Å²) in [5.41, 5.74) is 9.91. The quantitative estimate of drug-likeness (QED) is 0.217. The second kappa shape index (κ2) is 10.1. The fraction of sp³-hybridized carbons (Fsp3) is 0. The third kappa shape index (κ3) is 4.13. The van der Waals surface area contributed by atoms with Crippen molar-refractivity contribution in [3.63, 3.8) is 0 Å². The third-order valence-corrected chi connectivity index (χ3v) is 8.03. The van der Waals surface area contributed by atoms with Gasteiger partial charge in [-0.1, -0.05) is 121 Å². The molecule has 0 radical (unpaired) electrons. The highest BCUT2D eigenvalue weighted by molar-refractivity contribution is 6.21. The van der Waals surface area contributed by atoms with Gasteiger partial charge in [-0.3, -0.25) is 0 Å². The summed E-state index contributed by atoms with van der Waals surface area (Å²) < 4.78 is 6.42. The molecule has 42 heavy (non-hydrogen) atoms. The highest BCUT2D eigenvalue weighted by atomic mass is 16.3. The summed E-state index contributed by atoms with van der Waals surface area (Å²) in [5, 5.41) is 4.56. The lowest BCUT2D eigenvalue weighted by molar-refractivity contribution is 0.669. The Morgan fingerprint density at radius 3 is 1.71 bits per heavy atom. The molecule has 7 aromatic carbocycles.